The lowest BCUT2D eigenvalue weighted by atomic mass is 10.1. The van der Waals surface area contributed by atoms with Crippen molar-refractivity contribution in [1.82, 2.24) is 0 Å². The van der Waals surface area contributed by atoms with Crippen molar-refractivity contribution in [2.45, 2.75) is 0 Å². The number of thiophene rings is 1. The van der Waals surface area contributed by atoms with Crippen molar-refractivity contribution in [3.63, 3.8) is 0 Å². The van der Waals surface area contributed by atoms with E-state index in [9.17, 15) is 0 Å². The third-order valence-corrected chi connectivity index (χ3v) is 6.05. The van der Waals surface area contributed by atoms with Crippen molar-refractivity contribution in [2.24, 2.45) is 0 Å². The van der Waals surface area contributed by atoms with E-state index in [-0.39, 0.29) is 0 Å². The van der Waals surface area contributed by atoms with Crippen LogP contribution in [0.1, 0.15) is 0 Å². The molecule has 3 heteroatoms. The molecular weight excluding hydrogens is 340 g/mol. The molecule has 0 amide bonds. The third-order valence-electron chi connectivity index (χ3n) is 3.42. The van der Waals surface area contributed by atoms with Crippen LogP contribution >= 0.6 is 38.9 Å². The highest BCUT2D eigenvalue weighted by Crippen LogP contribution is 2.46. The number of fused-ring (bicyclic) bond motifs is 5. The molecule has 3 aromatic carbocycles. The van der Waals surface area contributed by atoms with Crippen molar-refractivity contribution in [2.75, 3.05) is 0 Å². The second kappa shape index (κ2) is 4.20. The normalized spacial score (nSPS) is 11.7. The summed E-state index contributed by atoms with van der Waals surface area (Å²) in [5, 5.41) is 5.64. The molecule has 19 heavy (non-hydrogen) atoms. The molecule has 0 bridgehead atoms. The lowest BCUT2D eigenvalue weighted by molar-refractivity contribution is 1.78. The van der Waals surface area contributed by atoms with Crippen LogP contribution in [0.5, 0.6) is 0 Å². The minimum Gasteiger partial charge on any atom is -0.134 e. The Morgan fingerprint density at radius 2 is 1.47 bits per heavy atom. The molecule has 0 aliphatic rings. The SMILES string of the molecule is Clc1c(Br)c2ccccc2c2sc3ccccc3c12. The first-order valence-electron chi connectivity index (χ1n) is 5.94. The summed E-state index contributed by atoms with van der Waals surface area (Å²) in [4.78, 5) is 0. The number of hydrogen-bond acceptors (Lipinski definition) is 1. The zero-order chi connectivity index (χ0) is 13.0. The first-order valence-corrected chi connectivity index (χ1v) is 7.93. The summed E-state index contributed by atoms with van der Waals surface area (Å²) in [6.07, 6.45) is 0. The molecule has 4 aromatic rings. The van der Waals surface area contributed by atoms with Gasteiger partial charge in [-0.25, -0.2) is 0 Å². The van der Waals surface area contributed by atoms with Crippen molar-refractivity contribution < 1.29 is 0 Å². The van der Waals surface area contributed by atoms with Gasteiger partial charge in [-0.05, 0) is 27.4 Å². The number of benzene rings is 3. The van der Waals surface area contributed by atoms with Gasteiger partial charge in [0, 0.05) is 30.0 Å². The lowest BCUT2D eigenvalue weighted by Crippen LogP contribution is -1.78. The van der Waals surface area contributed by atoms with Crippen LogP contribution in [0, 0.1) is 0 Å². The van der Waals surface area contributed by atoms with Crippen molar-refractivity contribution in [3.05, 3.63) is 58.0 Å². The van der Waals surface area contributed by atoms with Gasteiger partial charge in [-0.1, -0.05) is 54.1 Å². The molecule has 0 radical (unpaired) electrons. The summed E-state index contributed by atoms with van der Waals surface area (Å²) in [5.41, 5.74) is 0. The quantitative estimate of drug-likeness (QED) is 0.335. The second-order valence-corrected chi connectivity index (χ2v) is 6.70. The van der Waals surface area contributed by atoms with Crippen LogP contribution < -0.4 is 0 Å². The Morgan fingerprint density at radius 1 is 0.842 bits per heavy atom. The fourth-order valence-electron chi connectivity index (χ4n) is 2.55. The van der Waals surface area contributed by atoms with Gasteiger partial charge in [0.1, 0.15) is 0 Å². The van der Waals surface area contributed by atoms with Crippen LogP contribution in [0.25, 0.3) is 30.9 Å². The minimum absolute atomic E-state index is 0.811. The largest absolute Gasteiger partial charge is 0.134 e. The van der Waals surface area contributed by atoms with E-state index in [0.29, 0.717) is 0 Å². The maximum atomic E-state index is 6.59. The van der Waals surface area contributed by atoms with Gasteiger partial charge in [0.05, 0.1) is 5.02 Å². The first kappa shape index (κ1) is 11.7. The Morgan fingerprint density at radius 3 is 2.26 bits per heavy atom. The molecule has 4 rings (SSSR count). The van der Waals surface area contributed by atoms with E-state index in [2.05, 4.69) is 58.4 Å². The third kappa shape index (κ3) is 1.57. The first-order chi connectivity index (χ1) is 9.27. The van der Waals surface area contributed by atoms with Crippen LogP contribution in [0.2, 0.25) is 5.02 Å². The second-order valence-electron chi connectivity index (χ2n) is 4.48. The fourth-order valence-corrected chi connectivity index (χ4v) is 4.70. The number of rotatable bonds is 0. The molecule has 0 saturated carbocycles. The summed E-state index contributed by atoms with van der Waals surface area (Å²) >= 11 is 12.0. The molecule has 0 aliphatic heterocycles. The maximum absolute atomic E-state index is 6.59. The Bertz CT molecular complexity index is 940. The van der Waals surface area contributed by atoms with Gasteiger partial charge >= 0.3 is 0 Å². The molecule has 0 spiro atoms. The smallest absolute Gasteiger partial charge is 0.0647 e. The van der Waals surface area contributed by atoms with Gasteiger partial charge in [0.15, 0.2) is 0 Å². The van der Waals surface area contributed by atoms with Gasteiger partial charge in [-0.3, -0.25) is 0 Å². The molecule has 0 fully saturated rings. The van der Waals surface area contributed by atoms with Crippen molar-refractivity contribution in [1.29, 1.82) is 0 Å². The van der Waals surface area contributed by atoms with Crippen LogP contribution in [0.3, 0.4) is 0 Å². The van der Waals surface area contributed by atoms with Gasteiger partial charge in [-0.15, -0.1) is 11.3 Å². The van der Waals surface area contributed by atoms with Gasteiger partial charge < -0.3 is 0 Å². The lowest BCUT2D eigenvalue weighted by Gasteiger charge is -2.05. The zero-order valence-corrected chi connectivity index (χ0v) is 12.9. The molecule has 1 aromatic heterocycles. The van der Waals surface area contributed by atoms with E-state index in [1.54, 1.807) is 0 Å². The molecule has 0 N–H and O–H groups in total. The maximum Gasteiger partial charge on any atom is 0.0647 e. The number of hydrogen-bond donors (Lipinski definition) is 0. The minimum atomic E-state index is 0.811. The van der Waals surface area contributed by atoms with E-state index in [0.717, 1.165) is 14.9 Å². The topological polar surface area (TPSA) is 0 Å². The van der Waals surface area contributed by atoms with Crippen LogP contribution in [0.15, 0.2) is 53.0 Å². The van der Waals surface area contributed by atoms with Crippen molar-refractivity contribution >= 4 is 69.8 Å². The zero-order valence-electron chi connectivity index (χ0n) is 9.78. The van der Waals surface area contributed by atoms with E-state index in [4.69, 9.17) is 11.6 Å². The Balaban J connectivity index is 2.41. The molecule has 0 atom stereocenters. The van der Waals surface area contributed by atoms with Crippen LogP contribution in [-0.2, 0) is 0 Å². The molecule has 92 valence electrons. The summed E-state index contributed by atoms with van der Waals surface area (Å²) in [6.45, 7) is 0. The highest BCUT2D eigenvalue weighted by molar-refractivity contribution is 9.10. The van der Waals surface area contributed by atoms with Crippen LogP contribution in [0.4, 0.5) is 0 Å². The Hall–Kier alpha value is -1.09. The molecular formula is C16H8BrClS. The van der Waals surface area contributed by atoms with Crippen LogP contribution in [-0.4, -0.2) is 0 Å². The van der Waals surface area contributed by atoms with E-state index < -0.39 is 0 Å². The molecule has 0 aliphatic carbocycles. The predicted molar refractivity (Wildman–Crippen MR) is 89.5 cm³/mol. The monoisotopic (exact) mass is 346 g/mol. The fraction of sp³-hybridized carbons (Fsp3) is 0. The van der Waals surface area contributed by atoms with Gasteiger partial charge in [0.25, 0.3) is 0 Å². The average molecular weight is 348 g/mol. The summed E-state index contributed by atoms with van der Waals surface area (Å²) < 4.78 is 3.54. The number of halogens is 2. The predicted octanol–water partition coefficient (Wildman–Crippen LogP) is 6.62. The molecule has 1 heterocycles. The summed E-state index contributed by atoms with van der Waals surface area (Å²) in [5.74, 6) is 0. The van der Waals surface area contributed by atoms with Gasteiger partial charge in [-0.2, -0.15) is 0 Å². The van der Waals surface area contributed by atoms with E-state index in [1.807, 2.05) is 17.4 Å². The highest BCUT2D eigenvalue weighted by Gasteiger charge is 2.15. The summed E-state index contributed by atoms with van der Waals surface area (Å²) in [6, 6.07) is 16.8. The highest BCUT2D eigenvalue weighted by atomic mass is 79.9. The van der Waals surface area contributed by atoms with Crippen molar-refractivity contribution in [3.8, 4) is 0 Å². The molecule has 0 saturated heterocycles. The molecule has 0 unspecified atom stereocenters. The van der Waals surface area contributed by atoms with Gasteiger partial charge in [0.2, 0.25) is 0 Å². The Labute approximate surface area is 127 Å². The van der Waals surface area contributed by atoms with E-state index >= 15 is 0 Å². The average Bonchev–Trinajstić information content (AvgIpc) is 2.84. The Kier molecular flexibility index (Phi) is 2.59. The molecule has 0 nitrogen and oxygen atoms in total. The van der Waals surface area contributed by atoms with E-state index in [1.165, 1.54) is 25.6 Å². The standard InChI is InChI=1S/C16H8BrClS/c17-14-9-5-1-2-6-10(9)16-13(15(14)18)11-7-3-4-8-12(11)19-16/h1-8H. The summed E-state index contributed by atoms with van der Waals surface area (Å²) in [7, 11) is 0.